The van der Waals surface area contributed by atoms with E-state index < -0.39 is 15.9 Å². The Balaban J connectivity index is 1.45. The van der Waals surface area contributed by atoms with Gasteiger partial charge in [-0.15, -0.1) is 0 Å². The molecule has 0 bridgehead atoms. The Morgan fingerprint density at radius 1 is 1.06 bits per heavy atom. The highest BCUT2D eigenvalue weighted by molar-refractivity contribution is 7.89. The Bertz CT molecular complexity index is 1060. The molecule has 1 aliphatic rings. The first kappa shape index (κ1) is 24.5. The van der Waals surface area contributed by atoms with Crippen molar-refractivity contribution in [2.45, 2.75) is 30.7 Å². The van der Waals surface area contributed by atoms with E-state index in [0.29, 0.717) is 29.4 Å². The summed E-state index contributed by atoms with van der Waals surface area (Å²) in [4.78, 5) is 24.8. The van der Waals surface area contributed by atoms with E-state index in [2.05, 4.69) is 10.6 Å². The molecule has 10 heteroatoms. The Hall–Kier alpha value is -2.13. The second kappa shape index (κ2) is 11.1. The Labute approximate surface area is 198 Å². The Morgan fingerprint density at radius 3 is 2.53 bits per heavy atom. The zero-order valence-corrected chi connectivity index (χ0v) is 19.7. The van der Waals surface area contributed by atoms with E-state index in [9.17, 15) is 18.0 Å². The first-order chi connectivity index (χ1) is 15.3. The van der Waals surface area contributed by atoms with Crippen molar-refractivity contribution in [3.63, 3.8) is 0 Å². The molecular weight excluding hydrogens is 473 g/mol. The SMILES string of the molecule is O=C(CCNC(=O)[C@H]1CCCN(S(=O)(=O)c2ccccc2)C1)NCc1ccc(Cl)cc1Cl. The number of piperidine rings is 1. The minimum absolute atomic E-state index is 0.107. The molecule has 0 radical (unpaired) electrons. The van der Waals surface area contributed by atoms with Gasteiger partial charge in [0.15, 0.2) is 0 Å². The summed E-state index contributed by atoms with van der Waals surface area (Å²) in [7, 11) is -3.63. The van der Waals surface area contributed by atoms with Crippen LogP contribution < -0.4 is 10.6 Å². The summed E-state index contributed by atoms with van der Waals surface area (Å²) in [6.07, 6.45) is 1.32. The standard InChI is InChI=1S/C22H25Cl2N3O4S/c23-18-9-8-16(20(24)13-18)14-26-21(28)10-11-25-22(29)17-5-4-12-27(15-17)32(30,31)19-6-2-1-3-7-19/h1-3,6-9,13,17H,4-5,10-12,14-15H2,(H,25,29)(H,26,28)/t17-/m0/s1. The van der Waals surface area contributed by atoms with Gasteiger partial charge in [0.1, 0.15) is 0 Å². The number of sulfonamides is 1. The van der Waals surface area contributed by atoms with Crippen LogP contribution in [0, 0.1) is 5.92 Å². The van der Waals surface area contributed by atoms with Crippen LogP contribution in [0.3, 0.4) is 0 Å². The van der Waals surface area contributed by atoms with Gasteiger partial charge in [-0.2, -0.15) is 4.31 Å². The fraction of sp³-hybridized carbons (Fsp3) is 0.364. The van der Waals surface area contributed by atoms with Gasteiger partial charge >= 0.3 is 0 Å². The number of carbonyl (C=O) groups excluding carboxylic acids is 2. The monoisotopic (exact) mass is 497 g/mol. The average Bonchev–Trinajstić information content (AvgIpc) is 2.79. The normalized spacial score (nSPS) is 17.0. The number of hydrogen-bond donors (Lipinski definition) is 2. The van der Waals surface area contributed by atoms with E-state index in [1.807, 2.05) is 0 Å². The smallest absolute Gasteiger partial charge is 0.243 e. The number of nitrogens with zero attached hydrogens (tertiary/aromatic N) is 1. The topological polar surface area (TPSA) is 95.6 Å². The van der Waals surface area contributed by atoms with Crippen LogP contribution in [-0.4, -0.2) is 44.2 Å². The number of rotatable bonds is 8. The van der Waals surface area contributed by atoms with Crippen LogP contribution in [0.4, 0.5) is 0 Å². The van der Waals surface area contributed by atoms with E-state index in [-0.39, 0.29) is 42.8 Å². The van der Waals surface area contributed by atoms with Crippen LogP contribution in [0.1, 0.15) is 24.8 Å². The third kappa shape index (κ3) is 6.45. The van der Waals surface area contributed by atoms with Crippen molar-refractivity contribution in [1.82, 2.24) is 14.9 Å². The van der Waals surface area contributed by atoms with E-state index in [1.165, 1.54) is 4.31 Å². The van der Waals surface area contributed by atoms with Crippen molar-refractivity contribution >= 4 is 45.0 Å². The maximum atomic E-state index is 12.8. The molecule has 1 aliphatic heterocycles. The minimum Gasteiger partial charge on any atom is -0.355 e. The van der Waals surface area contributed by atoms with Crippen molar-refractivity contribution in [2.75, 3.05) is 19.6 Å². The molecule has 0 aromatic heterocycles. The number of amides is 2. The summed E-state index contributed by atoms with van der Waals surface area (Å²) in [5, 5.41) is 6.49. The summed E-state index contributed by atoms with van der Waals surface area (Å²) >= 11 is 11.9. The van der Waals surface area contributed by atoms with Gasteiger partial charge in [0.05, 0.1) is 10.8 Å². The second-order valence-electron chi connectivity index (χ2n) is 7.57. The first-order valence-corrected chi connectivity index (χ1v) is 12.5. The molecule has 7 nitrogen and oxygen atoms in total. The van der Waals surface area contributed by atoms with Gasteiger partial charge in [0, 0.05) is 42.6 Å². The van der Waals surface area contributed by atoms with Gasteiger partial charge in [-0.1, -0.05) is 47.5 Å². The van der Waals surface area contributed by atoms with E-state index in [1.54, 1.807) is 48.5 Å². The average molecular weight is 498 g/mol. The van der Waals surface area contributed by atoms with Crippen LogP contribution in [0.25, 0.3) is 0 Å². The molecule has 2 aromatic carbocycles. The quantitative estimate of drug-likeness (QED) is 0.585. The third-order valence-corrected chi connectivity index (χ3v) is 7.74. The molecule has 2 N–H and O–H groups in total. The minimum atomic E-state index is -3.63. The molecule has 0 unspecified atom stereocenters. The lowest BCUT2D eigenvalue weighted by Crippen LogP contribution is -2.45. The van der Waals surface area contributed by atoms with Gasteiger partial charge < -0.3 is 10.6 Å². The van der Waals surface area contributed by atoms with Crippen LogP contribution in [0.15, 0.2) is 53.4 Å². The van der Waals surface area contributed by atoms with Crippen LogP contribution in [-0.2, 0) is 26.2 Å². The van der Waals surface area contributed by atoms with Gasteiger partial charge in [0.25, 0.3) is 0 Å². The summed E-state index contributed by atoms with van der Waals surface area (Å²) in [6, 6.07) is 13.2. The van der Waals surface area contributed by atoms with Crippen molar-refractivity contribution in [1.29, 1.82) is 0 Å². The molecule has 1 fully saturated rings. The van der Waals surface area contributed by atoms with E-state index in [0.717, 1.165) is 5.56 Å². The molecule has 2 amide bonds. The molecule has 1 heterocycles. The van der Waals surface area contributed by atoms with E-state index in [4.69, 9.17) is 23.2 Å². The summed E-state index contributed by atoms with van der Waals surface area (Å²) in [5.74, 6) is -0.919. The predicted molar refractivity (Wildman–Crippen MR) is 124 cm³/mol. The molecule has 0 spiro atoms. The van der Waals surface area contributed by atoms with E-state index >= 15 is 0 Å². The second-order valence-corrected chi connectivity index (χ2v) is 10.4. The zero-order valence-electron chi connectivity index (χ0n) is 17.4. The highest BCUT2D eigenvalue weighted by Crippen LogP contribution is 2.24. The van der Waals surface area contributed by atoms with Crippen LogP contribution >= 0.6 is 23.2 Å². The largest absolute Gasteiger partial charge is 0.355 e. The highest BCUT2D eigenvalue weighted by atomic mass is 35.5. The molecule has 0 aliphatic carbocycles. The number of carbonyl (C=O) groups is 2. The fourth-order valence-electron chi connectivity index (χ4n) is 3.51. The number of nitrogens with one attached hydrogen (secondary N) is 2. The fourth-order valence-corrected chi connectivity index (χ4v) is 5.53. The lowest BCUT2D eigenvalue weighted by atomic mass is 9.99. The lowest BCUT2D eigenvalue weighted by Gasteiger charge is -2.31. The van der Waals surface area contributed by atoms with Gasteiger partial charge in [-0.3, -0.25) is 9.59 Å². The van der Waals surface area contributed by atoms with Crippen molar-refractivity contribution < 1.29 is 18.0 Å². The van der Waals surface area contributed by atoms with Gasteiger partial charge in [-0.25, -0.2) is 8.42 Å². The molecular formula is C22H25Cl2N3O4S. The third-order valence-electron chi connectivity index (χ3n) is 5.28. The molecule has 32 heavy (non-hydrogen) atoms. The molecule has 3 rings (SSSR count). The first-order valence-electron chi connectivity index (χ1n) is 10.3. The maximum absolute atomic E-state index is 12.8. The summed E-state index contributed by atoms with van der Waals surface area (Å²) in [6.45, 7) is 0.944. The number of hydrogen-bond acceptors (Lipinski definition) is 4. The summed E-state index contributed by atoms with van der Waals surface area (Å²) < 4.78 is 27.0. The lowest BCUT2D eigenvalue weighted by molar-refractivity contribution is -0.126. The van der Waals surface area contributed by atoms with Gasteiger partial charge in [-0.05, 0) is 42.7 Å². The van der Waals surface area contributed by atoms with Crippen LogP contribution in [0.2, 0.25) is 10.0 Å². The Morgan fingerprint density at radius 2 is 1.81 bits per heavy atom. The van der Waals surface area contributed by atoms with Crippen LogP contribution in [0.5, 0.6) is 0 Å². The highest BCUT2D eigenvalue weighted by Gasteiger charge is 2.33. The zero-order chi connectivity index (χ0) is 23.1. The molecule has 0 saturated carbocycles. The van der Waals surface area contributed by atoms with Crippen molar-refractivity contribution in [2.24, 2.45) is 5.92 Å². The molecule has 172 valence electrons. The molecule has 1 atom stereocenters. The van der Waals surface area contributed by atoms with Crippen molar-refractivity contribution in [3.8, 4) is 0 Å². The van der Waals surface area contributed by atoms with Crippen molar-refractivity contribution in [3.05, 3.63) is 64.1 Å². The summed E-state index contributed by atoms with van der Waals surface area (Å²) in [5.41, 5.74) is 0.746. The maximum Gasteiger partial charge on any atom is 0.243 e. The number of benzene rings is 2. The predicted octanol–water partition coefficient (Wildman–Crippen LogP) is 3.22. The number of halogens is 2. The molecule has 2 aromatic rings. The Kier molecular flexibility index (Phi) is 8.53. The molecule has 1 saturated heterocycles. The van der Waals surface area contributed by atoms with Gasteiger partial charge in [0.2, 0.25) is 21.8 Å².